The number of benzene rings is 1. The van der Waals surface area contributed by atoms with Crippen LogP contribution in [0.5, 0.6) is 0 Å². The summed E-state index contributed by atoms with van der Waals surface area (Å²) in [4.78, 5) is 8.74. The minimum atomic E-state index is 0.975. The van der Waals surface area contributed by atoms with Gasteiger partial charge in [0.2, 0.25) is 0 Å². The molecule has 0 atom stereocenters. The van der Waals surface area contributed by atoms with Crippen LogP contribution in [0.3, 0.4) is 0 Å². The Morgan fingerprint density at radius 3 is 2.48 bits per heavy atom. The van der Waals surface area contributed by atoms with Gasteiger partial charge in [0, 0.05) is 35.2 Å². The van der Waals surface area contributed by atoms with Gasteiger partial charge in [-0.15, -0.1) is 0 Å². The third kappa shape index (κ3) is 1.99. The zero-order chi connectivity index (χ0) is 14.1. The Morgan fingerprint density at radius 2 is 1.67 bits per heavy atom. The Labute approximate surface area is 122 Å². The largest absolute Gasteiger partial charge is 0.314 e. The number of pyridine rings is 2. The van der Waals surface area contributed by atoms with Crippen molar-refractivity contribution < 1.29 is 0 Å². The number of para-hydroxylation sites is 1. The average Bonchev–Trinajstić information content (AvgIpc) is 2.96. The molecule has 0 N–H and O–H groups in total. The maximum Gasteiger partial charge on any atom is 0.0723 e. The summed E-state index contributed by atoms with van der Waals surface area (Å²) < 4.78 is 2.16. The van der Waals surface area contributed by atoms with E-state index in [4.69, 9.17) is 0 Å². The van der Waals surface area contributed by atoms with E-state index in [-0.39, 0.29) is 0 Å². The van der Waals surface area contributed by atoms with Crippen LogP contribution in [0.15, 0.2) is 79.4 Å². The van der Waals surface area contributed by atoms with Gasteiger partial charge in [0.1, 0.15) is 0 Å². The first-order valence-corrected chi connectivity index (χ1v) is 6.85. The molecular weight excluding hydrogens is 258 g/mol. The van der Waals surface area contributed by atoms with Gasteiger partial charge >= 0.3 is 0 Å². The van der Waals surface area contributed by atoms with Gasteiger partial charge in [-0.2, -0.15) is 0 Å². The van der Waals surface area contributed by atoms with E-state index in [0.29, 0.717) is 0 Å². The quantitative estimate of drug-likeness (QED) is 0.550. The average molecular weight is 271 g/mol. The minimum absolute atomic E-state index is 0.975. The first kappa shape index (κ1) is 11.9. The topological polar surface area (TPSA) is 30.7 Å². The van der Waals surface area contributed by atoms with Crippen LogP contribution in [0.25, 0.3) is 27.8 Å². The third-order valence-corrected chi connectivity index (χ3v) is 3.58. The van der Waals surface area contributed by atoms with Crippen molar-refractivity contribution in [2.45, 2.75) is 0 Å². The van der Waals surface area contributed by atoms with E-state index in [1.54, 1.807) is 0 Å². The predicted molar refractivity (Wildman–Crippen MR) is 84.3 cm³/mol. The number of hydrogen-bond acceptors (Lipinski definition) is 2. The van der Waals surface area contributed by atoms with Crippen molar-refractivity contribution in [2.75, 3.05) is 0 Å². The lowest BCUT2D eigenvalue weighted by atomic mass is 10.1. The van der Waals surface area contributed by atoms with Crippen LogP contribution in [-0.2, 0) is 0 Å². The standard InChI is InChI=1S/C18H13N3/c1-2-6-14(7-3-1)21-13-16(17-8-4-5-10-20-17)15-9-11-19-12-18(15)21/h1-13H. The van der Waals surface area contributed by atoms with Crippen LogP contribution in [-0.4, -0.2) is 14.5 Å². The first-order chi connectivity index (χ1) is 10.4. The van der Waals surface area contributed by atoms with Gasteiger partial charge in [-0.1, -0.05) is 24.3 Å². The molecule has 3 heteroatoms. The molecule has 0 aliphatic carbocycles. The molecule has 0 aliphatic heterocycles. The van der Waals surface area contributed by atoms with E-state index in [0.717, 1.165) is 27.8 Å². The molecule has 4 rings (SSSR count). The van der Waals surface area contributed by atoms with Crippen LogP contribution < -0.4 is 0 Å². The van der Waals surface area contributed by atoms with Crippen molar-refractivity contribution in [3.63, 3.8) is 0 Å². The second-order valence-electron chi connectivity index (χ2n) is 4.86. The summed E-state index contributed by atoms with van der Waals surface area (Å²) in [5, 5.41) is 1.16. The molecule has 0 saturated heterocycles. The fraction of sp³-hybridized carbons (Fsp3) is 0. The molecule has 4 aromatic rings. The lowest BCUT2D eigenvalue weighted by molar-refractivity contribution is 1.12. The molecule has 3 heterocycles. The van der Waals surface area contributed by atoms with Crippen LogP contribution in [0.2, 0.25) is 0 Å². The molecule has 3 nitrogen and oxygen atoms in total. The molecule has 0 radical (unpaired) electrons. The monoisotopic (exact) mass is 271 g/mol. The van der Waals surface area contributed by atoms with E-state index >= 15 is 0 Å². The molecular formula is C18H13N3. The summed E-state index contributed by atoms with van der Waals surface area (Å²) >= 11 is 0. The highest BCUT2D eigenvalue weighted by molar-refractivity contribution is 5.95. The van der Waals surface area contributed by atoms with E-state index in [1.165, 1.54) is 0 Å². The summed E-state index contributed by atoms with van der Waals surface area (Å²) in [7, 11) is 0. The normalized spacial score (nSPS) is 10.9. The molecule has 100 valence electrons. The number of fused-ring (bicyclic) bond motifs is 1. The van der Waals surface area contributed by atoms with Gasteiger partial charge in [-0.05, 0) is 30.3 Å². The summed E-state index contributed by atoms with van der Waals surface area (Å²) in [6.07, 6.45) is 7.67. The highest BCUT2D eigenvalue weighted by atomic mass is 15.0. The van der Waals surface area contributed by atoms with E-state index < -0.39 is 0 Å². The van der Waals surface area contributed by atoms with Crippen LogP contribution >= 0.6 is 0 Å². The van der Waals surface area contributed by atoms with Crippen molar-refractivity contribution in [2.24, 2.45) is 0 Å². The fourth-order valence-electron chi connectivity index (χ4n) is 2.60. The van der Waals surface area contributed by atoms with Crippen molar-refractivity contribution in [3.8, 4) is 16.9 Å². The Hall–Kier alpha value is -2.94. The molecule has 0 aliphatic rings. The highest BCUT2D eigenvalue weighted by Gasteiger charge is 2.11. The van der Waals surface area contributed by atoms with Crippen molar-refractivity contribution in [3.05, 3.63) is 79.4 Å². The highest BCUT2D eigenvalue weighted by Crippen LogP contribution is 2.30. The van der Waals surface area contributed by atoms with Crippen molar-refractivity contribution >= 4 is 10.9 Å². The molecule has 0 spiro atoms. The van der Waals surface area contributed by atoms with Gasteiger partial charge in [-0.25, -0.2) is 0 Å². The third-order valence-electron chi connectivity index (χ3n) is 3.58. The second kappa shape index (κ2) is 4.87. The molecule has 0 saturated carbocycles. The molecule has 0 bridgehead atoms. The maximum absolute atomic E-state index is 4.47. The predicted octanol–water partition coefficient (Wildman–Crippen LogP) is 4.09. The second-order valence-corrected chi connectivity index (χ2v) is 4.86. The van der Waals surface area contributed by atoms with E-state index in [2.05, 4.69) is 32.9 Å². The number of nitrogens with zero attached hydrogens (tertiary/aromatic N) is 3. The molecule has 1 aromatic carbocycles. The van der Waals surface area contributed by atoms with Crippen LogP contribution in [0, 0.1) is 0 Å². The molecule has 21 heavy (non-hydrogen) atoms. The smallest absolute Gasteiger partial charge is 0.0723 e. The number of hydrogen-bond donors (Lipinski definition) is 0. The molecule has 0 amide bonds. The minimum Gasteiger partial charge on any atom is -0.314 e. The Bertz CT molecular complexity index is 807. The fourth-order valence-corrected chi connectivity index (χ4v) is 2.60. The Balaban J connectivity index is 2.02. The summed E-state index contributed by atoms with van der Waals surface area (Å²) in [5.41, 5.74) is 4.31. The zero-order valence-electron chi connectivity index (χ0n) is 11.3. The SMILES string of the molecule is c1ccc(-n2cc(-c3ccccn3)c3ccncc32)cc1. The molecule has 0 fully saturated rings. The van der Waals surface area contributed by atoms with Gasteiger partial charge in [-0.3, -0.25) is 9.97 Å². The molecule has 0 unspecified atom stereocenters. The van der Waals surface area contributed by atoms with Gasteiger partial charge < -0.3 is 4.57 Å². The van der Waals surface area contributed by atoms with Gasteiger partial charge in [0.25, 0.3) is 0 Å². The van der Waals surface area contributed by atoms with E-state index in [9.17, 15) is 0 Å². The lowest BCUT2D eigenvalue weighted by Gasteiger charge is -2.03. The summed E-state index contributed by atoms with van der Waals surface area (Å²) in [6, 6.07) is 18.3. The Kier molecular flexibility index (Phi) is 2.75. The maximum atomic E-state index is 4.47. The molecule has 3 aromatic heterocycles. The zero-order valence-corrected chi connectivity index (χ0v) is 11.3. The number of rotatable bonds is 2. The lowest BCUT2D eigenvalue weighted by Crippen LogP contribution is -1.90. The van der Waals surface area contributed by atoms with Crippen LogP contribution in [0.4, 0.5) is 0 Å². The van der Waals surface area contributed by atoms with Gasteiger partial charge in [0.15, 0.2) is 0 Å². The van der Waals surface area contributed by atoms with E-state index in [1.807, 2.05) is 61.1 Å². The van der Waals surface area contributed by atoms with Crippen molar-refractivity contribution in [1.82, 2.24) is 14.5 Å². The first-order valence-electron chi connectivity index (χ1n) is 6.85. The summed E-state index contributed by atoms with van der Waals surface area (Å²) in [5.74, 6) is 0. The van der Waals surface area contributed by atoms with Crippen molar-refractivity contribution in [1.29, 1.82) is 0 Å². The number of aromatic nitrogens is 3. The Morgan fingerprint density at radius 1 is 0.810 bits per heavy atom. The van der Waals surface area contributed by atoms with Gasteiger partial charge in [0.05, 0.1) is 17.4 Å². The summed E-state index contributed by atoms with van der Waals surface area (Å²) in [6.45, 7) is 0. The van der Waals surface area contributed by atoms with Crippen LogP contribution in [0.1, 0.15) is 0 Å².